The molecule has 152 valence electrons. The number of methoxy groups -OCH3 is 1. The summed E-state index contributed by atoms with van der Waals surface area (Å²) in [5.74, 6) is -0.261. The highest BCUT2D eigenvalue weighted by Gasteiger charge is 2.22. The number of nitro groups is 1. The van der Waals surface area contributed by atoms with E-state index in [1.807, 2.05) is 0 Å². The molecule has 0 saturated carbocycles. The fourth-order valence-corrected chi connectivity index (χ4v) is 2.58. The number of non-ortho nitro benzene ring substituents is 1. The van der Waals surface area contributed by atoms with Crippen LogP contribution in [0.4, 0.5) is 11.4 Å². The molecule has 1 atom stereocenters. The van der Waals surface area contributed by atoms with Gasteiger partial charge in [0.25, 0.3) is 11.6 Å². The lowest BCUT2D eigenvalue weighted by molar-refractivity contribution is -0.384. The number of fused-ring (bicyclic) bond motifs is 1. The Balaban J connectivity index is 1.66. The topological polar surface area (TPSA) is 126 Å². The number of carbonyl (C=O) groups is 2. The number of amides is 1. The van der Waals surface area contributed by atoms with Gasteiger partial charge in [-0.05, 0) is 31.2 Å². The quantitative estimate of drug-likeness (QED) is 0.444. The fourth-order valence-electron chi connectivity index (χ4n) is 2.58. The molecule has 10 heteroatoms. The van der Waals surface area contributed by atoms with E-state index >= 15 is 0 Å². The molecule has 1 aliphatic rings. The molecule has 0 fully saturated rings. The van der Waals surface area contributed by atoms with Gasteiger partial charge in [-0.25, -0.2) is 4.79 Å². The molecule has 0 saturated heterocycles. The average Bonchev–Trinajstić information content (AvgIpc) is 2.73. The van der Waals surface area contributed by atoms with Crippen LogP contribution in [0.15, 0.2) is 36.4 Å². The van der Waals surface area contributed by atoms with Crippen LogP contribution >= 0.6 is 0 Å². The summed E-state index contributed by atoms with van der Waals surface area (Å²) in [6, 6.07) is 8.34. The third-order valence-corrected chi connectivity index (χ3v) is 4.08. The molecule has 1 amide bonds. The van der Waals surface area contributed by atoms with Gasteiger partial charge in [-0.1, -0.05) is 0 Å². The Morgan fingerprint density at radius 2 is 1.86 bits per heavy atom. The molecule has 0 spiro atoms. The lowest BCUT2D eigenvalue weighted by Gasteiger charge is -2.19. The number of nitrogens with zero attached hydrogens (tertiary/aromatic N) is 1. The molecule has 1 heterocycles. The summed E-state index contributed by atoms with van der Waals surface area (Å²) in [4.78, 5) is 35.0. The Labute approximate surface area is 165 Å². The van der Waals surface area contributed by atoms with Gasteiger partial charge < -0.3 is 24.3 Å². The number of esters is 1. The molecule has 29 heavy (non-hydrogen) atoms. The molecular formula is C19H18N2O8. The van der Waals surface area contributed by atoms with E-state index in [0.29, 0.717) is 24.7 Å². The molecule has 1 N–H and O–H groups in total. The lowest BCUT2D eigenvalue weighted by atomic mass is 10.2. The van der Waals surface area contributed by atoms with Crippen molar-refractivity contribution in [2.45, 2.75) is 13.0 Å². The van der Waals surface area contributed by atoms with Crippen LogP contribution in [0.25, 0.3) is 0 Å². The molecule has 3 rings (SSSR count). The van der Waals surface area contributed by atoms with E-state index < -0.39 is 22.9 Å². The number of hydrogen-bond donors (Lipinski definition) is 1. The van der Waals surface area contributed by atoms with Crippen LogP contribution in [0.1, 0.15) is 17.3 Å². The standard InChI is InChI=1S/C19H18N2O8/c1-11(18(22)20-14-5-4-13(21(24)25)10-16(14)26-2)29-19(23)12-3-6-15-17(9-12)28-8-7-27-15/h3-6,9-11H,7-8H2,1-2H3,(H,20,22)/t11-/m1/s1. The summed E-state index contributed by atoms with van der Waals surface area (Å²) >= 11 is 0. The van der Waals surface area contributed by atoms with E-state index in [9.17, 15) is 19.7 Å². The van der Waals surface area contributed by atoms with Crippen LogP contribution in [0.2, 0.25) is 0 Å². The number of ether oxygens (including phenoxy) is 4. The highest BCUT2D eigenvalue weighted by molar-refractivity contribution is 5.98. The molecule has 0 radical (unpaired) electrons. The third kappa shape index (κ3) is 4.54. The van der Waals surface area contributed by atoms with Crippen molar-refractivity contribution < 1.29 is 33.5 Å². The van der Waals surface area contributed by atoms with Gasteiger partial charge in [0.2, 0.25) is 0 Å². The molecule has 0 unspecified atom stereocenters. The molecule has 0 aromatic heterocycles. The molecule has 1 aliphatic heterocycles. The van der Waals surface area contributed by atoms with Crippen LogP contribution in [0.3, 0.4) is 0 Å². The van der Waals surface area contributed by atoms with E-state index in [1.165, 1.54) is 44.4 Å². The number of hydrogen-bond acceptors (Lipinski definition) is 8. The van der Waals surface area contributed by atoms with Gasteiger partial charge in [-0.15, -0.1) is 0 Å². The Kier molecular flexibility index (Phi) is 5.82. The molecule has 0 aliphatic carbocycles. The molecule has 10 nitrogen and oxygen atoms in total. The zero-order valence-corrected chi connectivity index (χ0v) is 15.7. The van der Waals surface area contributed by atoms with Crippen molar-refractivity contribution in [3.63, 3.8) is 0 Å². The summed E-state index contributed by atoms with van der Waals surface area (Å²) in [6.45, 7) is 2.21. The molecule has 2 aromatic rings. The van der Waals surface area contributed by atoms with Gasteiger partial charge in [0, 0.05) is 6.07 Å². The minimum absolute atomic E-state index is 0.109. The Bertz CT molecular complexity index is 959. The van der Waals surface area contributed by atoms with Gasteiger partial charge in [0.15, 0.2) is 17.6 Å². The number of carbonyl (C=O) groups excluding carboxylic acids is 2. The van der Waals surface area contributed by atoms with Crippen molar-refractivity contribution in [2.75, 3.05) is 25.6 Å². The lowest BCUT2D eigenvalue weighted by Crippen LogP contribution is -2.30. The molecular weight excluding hydrogens is 384 g/mol. The smallest absolute Gasteiger partial charge is 0.339 e. The molecule has 0 bridgehead atoms. The summed E-state index contributed by atoms with van der Waals surface area (Å²) < 4.78 is 21.1. The van der Waals surface area contributed by atoms with Crippen molar-refractivity contribution in [1.82, 2.24) is 0 Å². The van der Waals surface area contributed by atoms with Crippen LogP contribution in [0, 0.1) is 10.1 Å². The van der Waals surface area contributed by atoms with Crippen LogP contribution < -0.4 is 19.5 Å². The van der Waals surface area contributed by atoms with E-state index in [-0.39, 0.29) is 22.7 Å². The second-order valence-electron chi connectivity index (χ2n) is 6.04. The maximum absolute atomic E-state index is 12.4. The average molecular weight is 402 g/mol. The minimum Gasteiger partial charge on any atom is -0.494 e. The van der Waals surface area contributed by atoms with Crippen molar-refractivity contribution >= 4 is 23.3 Å². The van der Waals surface area contributed by atoms with Crippen molar-refractivity contribution in [3.8, 4) is 17.2 Å². The van der Waals surface area contributed by atoms with Crippen LogP contribution in [-0.4, -0.2) is 43.2 Å². The van der Waals surface area contributed by atoms with E-state index in [2.05, 4.69) is 5.32 Å². The monoisotopic (exact) mass is 402 g/mol. The van der Waals surface area contributed by atoms with Crippen molar-refractivity contribution in [3.05, 3.63) is 52.1 Å². The maximum Gasteiger partial charge on any atom is 0.339 e. The van der Waals surface area contributed by atoms with Gasteiger partial charge in [-0.2, -0.15) is 0 Å². The first-order valence-corrected chi connectivity index (χ1v) is 8.63. The Morgan fingerprint density at radius 3 is 2.55 bits per heavy atom. The summed E-state index contributed by atoms with van der Waals surface area (Å²) in [6.07, 6.45) is -1.13. The fraction of sp³-hybridized carbons (Fsp3) is 0.263. The van der Waals surface area contributed by atoms with Gasteiger partial charge in [0.1, 0.15) is 19.0 Å². The number of nitro benzene ring substituents is 1. The third-order valence-electron chi connectivity index (χ3n) is 4.08. The van der Waals surface area contributed by atoms with Crippen LogP contribution in [-0.2, 0) is 9.53 Å². The number of nitrogens with one attached hydrogen (secondary N) is 1. The Hall–Kier alpha value is -3.82. The summed E-state index contributed by atoms with van der Waals surface area (Å²) in [7, 11) is 1.32. The van der Waals surface area contributed by atoms with Gasteiger partial charge >= 0.3 is 5.97 Å². The zero-order valence-electron chi connectivity index (χ0n) is 15.7. The first-order valence-electron chi connectivity index (χ1n) is 8.63. The Morgan fingerprint density at radius 1 is 1.14 bits per heavy atom. The second kappa shape index (κ2) is 8.46. The normalized spacial score (nSPS) is 13.2. The highest BCUT2D eigenvalue weighted by Crippen LogP contribution is 2.31. The first kappa shape index (κ1) is 19.9. The van der Waals surface area contributed by atoms with Gasteiger partial charge in [0.05, 0.1) is 29.4 Å². The zero-order chi connectivity index (χ0) is 21.0. The summed E-state index contributed by atoms with van der Waals surface area (Å²) in [5, 5.41) is 13.4. The maximum atomic E-state index is 12.4. The van der Waals surface area contributed by atoms with E-state index in [0.717, 1.165) is 0 Å². The largest absolute Gasteiger partial charge is 0.494 e. The number of benzene rings is 2. The van der Waals surface area contributed by atoms with Crippen molar-refractivity contribution in [2.24, 2.45) is 0 Å². The molecule has 2 aromatic carbocycles. The second-order valence-corrected chi connectivity index (χ2v) is 6.04. The van der Waals surface area contributed by atoms with Gasteiger partial charge in [-0.3, -0.25) is 14.9 Å². The number of rotatable bonds is 6. The van der Waals surface area contributed by atoms with E-state index in [4.69, 9.17) is 18.9 Å². The van der Waals surface area contributed by atoms with Crippen molar-refractivity contribution in [1.29, 1.82) is 0 Å². The predicted octanol–water partition coefficient (Wildman–Crippen LogP) is 2.56. The predicted molar refractivity (Wildman–Crippen MR) is 101 cm³/mol. The highest BCUT2D eigenvalue weighted by atomic mass is 16.6. The van der Waals surface area contributed by atoms with E-state index in [1.54, 1.807) is 6.07 Å². The summed E-state index contributed by atoms with van der Waals surface area (Å²) in [5.41, 5.74) is 0.241. The SMILES string of the molecule is COc1cc([N+](=O)[O-])ccc1NC(=O)[C@@H](C)OC(=O)c1ccc2c(c1)OCCO2. The first-order chi connectivity index (χ1) is 13.9. The number of anilines is 1. The van der Waals surface area contributed by atoms with Crippen LogP contribution in [0.5, 0.6) is 17.2 Å². The minimum atomic E-state index is -1.13.